The van der Waals surface area contributed by atoms with E-state index in [1.165, 1.54) is 0 Å². The third-order valence-corrected chi connectivity index (χ3v) is 4.59. The van der Waals surface area contributed by atoms with Gasteiger partial charge < -0.3 is 0 Å². The van der Waals surface area contributed by atoms with Gasteiger partial charge in [0.1, 0.15) is 5.78 Å². The number of hydrogen-bond acceptors (Lipinski definition) is 1. The predicted octanol–water partition coefficient (Wildman–Crippen LogP) is 4.93. The molecule has 18 heavy (non-hydrogen) atoms. The van der Waals surface area contributed by atoms with E-state index >= 15 is 0 Å². The minimum Gasteiger partial charge on any atom is -0.299 e. The van der Waals surface area contributed by atoms with Crippen LogP contribution < -0.4 is 0 Å². The molecule has 0 radical (unpaired) electrons. The van der Waals surface area contributed by atoms with Crippen LogP contribution in [-0.4, -0.2) is 5.78 Å². The van der Waals surface area contributed by atoms with Gasteiger partial charge in [0.2, 0.25) is 0 Å². The molecule has 0 amide bonds. The van der Waals surface area contributed by atoms with Crippen molar-refractivity contribution in [1.82, 2.24) is 0 Å². The van der Waals surface area contributed by atoms with Gasteiger partial charge in [0.05, 0.1) is 0 Å². The van der Waals surface area contributed by atoms with Crippen molar-refractivity contribution < 1.29 is 4.79 Å². The first kappa shape index (κ1) is 13.9. The first-order valence-electron chi connectivity index (χ1n) is 6.53. The smallest absolute Gasteiger partial charge is 0.140 e. The molecule has 1 aromatic carbocycles. The monoisotopic (exact) mass is 284 g/mol. The van der Waals surface area contributed by atoms with Gasteiger partial charge in [-0.15, -0.1) is 0 Å². The van der Waals surface area contributed by atoms with Crippen LogP contribution in [0.4, 0.5) is 0 Å². The Bertz CT molecular complexity index is 414. The van der Waals surface area contributed by atoms with E-state index in [0.29, 0.717) is 16.5 Å². The largest absolute Gasteiger partial charge is 0.299 e. The molecule has 3 heteroatoms. The van der Waals surface area contributed by atoms with Crippen LogP contribution in [0.25, 0.3) is 0 Å². The van der Waals surface area contributed by atoms with Gasteiger partial charge in [0.25, 0.3) is 0 Å². The maximum absolute atomic E-state index is 12.3. The van der Waals surface area contributed by atoms with Crippen LogP contribution in [0.1, 0.15) is 38.2 Å². The Morgan fingerprint density at radius 3 is 2.28 bits per heavy atom. The Morgan fingerprint density at radius 2 is 1.72 bits per heavy atom. The van der Waals surface area contributed by atoms with E-state index in [-0.39, 0.29) is 11.7 Å². The van der Waals surface area contributed by atoms with Gasteiger partial charge in [-0.1, -0.05) is 49.0 Å². The van der Waals surface area contributed by atoms with Crippen molar-refractivity contribution >= 4 is 29.0 Å². The molecule has 0 unspecified atom stereocenters. The summed E-state index contributed by atoms with van der Waals surface area (Å²) in [6.45, 7) is 2.26. The van der Waals surface area contributed by atoms with Crippen molar-refractivity contribution in [3.8, 4) is 0 Å². The van der Waals surface area contributed by atoms with Gasteiger partial charge in [-0.2, -0.15) is 0 Å². The molecule has 1 aliphatic rings. The summed E-state index contributed by atoms with van der Waals surface area (Å²) in [6, 6.07) is 5.39. The van der Waals surface area contributed by atoms with Crippen molar-refractivity contribution in [2.45, 2.75) is 39.0 Å². The maximum Gasteiger partial charge on any atom is 0.140 e. The predicted molar refractivity (Wildman–Crippen MR) is 76.3 cm³/mol. The van der Waals surface area contributed by atoms with E-state index in [1.807, 2.05) is 0 Å². The van der Waals surface area contributed by atoms with Crippen LogP contribution in [0.15, 0.2) is 18.2 Å². The van der Waals surface area contributed by atoms with Crippen LogP contribution in [0.5, 0.6) is 0 Å². The first-order chi connectivity index (χ1) is 8.58. The highest BCUT2D eigenvalue weighted by molar-refractivity contribution is 6.36. The van der Waals surface area contributed by atoms with Crippen LogP contribution in [0, 0.1) is 11.8 Å². The standard InChI is InChI=1S/C15H18Cl2O/c1-10-5-7-11(8-6-10)15(18)9-12-13(16)3-2-4-14(12)17/h2-4,10-11H,5-9H2,1H3. The third kappa shape index (κ3) is 3.27. The lowest BCUT2D eigenvalue weighted by Gasteiger charge is -2.25. The minimum absolute atomic E-state index is 0.202. The molecule has 1 fully saturated rings. The van der Waals surface area contributed by atoms with Crippen molar-refractivity contribution in [2.24, 2.45) is 11.8 Å². The number of ketones is 1. The molecule has 1 nitrogen and oxygen atoms in total. The van der Waals surface area contributed by atoms with Crippen molar-refractivity contribution in [2.75, 3.05) is 0 Å². The average Bonchev–Trinajstić information content (AvgIpc) is 2.34. The number of hydrogen-bond donors (Lipinski definition) is 0. The second kappa shape index (κ2) is 6.08. The molecular weight excluding hydrogens is 267 g/mol. The number of Topliss-reactive ketones (excluding diaryl/α,β-unsaturated/α-hetero) is 1. The number of benzene rings is 1. The van der Waals surface area contributed by atoms with Gasteiger partial charge >= 0.3 is 0 Å². The Kier molecular flexibility index (Phi) is 4.69. The minimum atomic E-state index is 0.202. The van der Waals surface area contributed by atoms with Crippen LogP contribution in [-0.2, 0) is 11.2 Å². The zero-order valence-corrected chi connectivity index (χ0v) is 12.1. The highest BCUT2D eigenvalue weighted by atomic mass is 35.5. The Morgan fingerprint density at radius 1 is 1.17 bits per heavy atom. The third-order valence-electron chi connectivity index (χ3n) is 3.88. The fourth-order valence-electron chi connectivity index (χ4n) is 2.60. The average molecular weight is 285 g/mol. The summed E-state index contributed by atoms with van der Waals surface area (Å²) in [5.74, 6) is 1.25. The first-order valence-corrected chi connectivity index (χ1v) is 7.29. The number of halogens is 2. The van der Waals surface area contributed by atoms with Crippen LogP contribution in [0.3, 0.4) is 0 Å². The van der Waals surface area contributed by atoms with Crippen molar-refractivity contribution in [3.05, 3.63) is 33.8 Å². The quantitative estimate of drug-likeness (QED) is 0.769. The molecule has 0 aromatic heterocycles. The fraction of sp³-hybridized carbons (Fsp3) is 0.533. The molecule has 2 rings (SSSR count). The molecule has 0 aliphatic heterocycles. The lowest BCUT2D eigenvalue weighted by molar-refractivity contribution is -0.123. The number of rotatable bonds is 3. The fourth-order valence-corrected chi connectivity index (χ4v) is 3.13. The Balaban J connectivity index is 2.03. The number of carbonyl (C=O) groups excluding carboxylic acids is 1. The zero-order chi connectivity index (χ0) is 13.1. The molecule has 0 saturated heterocycles. The second-order valence-electron chi connectivity index (χ2n) is 5.30. The van der Waals surface area contributed by atoms with Crippen LogP contribution >= 0.6 is 23.2 Å². The molecule has 1 saturated carbocycles. The summed E-state index contributed by atoms with van der Waals surface area (Å²) >= 11 is 12.2. The van der Waals surface area contributed by atoms with E-state index < -0.39 is 0 Å². The van der Waals surface area contributed by atoms with E-state index in [0.717, 1.165) is 37.2 Å². The summed E-state index contributed by atoms with van der Waals surface area (Å²) in [5.41, 5.74) is 0.782. The van der Waals surface area contributed by atoms with Gasteiger partial charge in [-0.3, -0.25) is 4.79 Å². The van der Waals surface area contributed by atoms with Crippen molar-refractivity contribution in [1.29, 1.82) is 0 Å². The zero-order valence-electron chi connectivity index (χ0n) is 10.6. The summed E-state index contributed by atoms with van der Waals surface area (Å²) in [7, 11) is 0. The molecule has 0 N–H and O–H groups in total. The topological polar surface area (TPSA) is 17.1 Å². The normalized spacial score (nSPS) is 23.9. The van der Waals surface area contributed by atoms with E-state index in [2.05, 4.69) is 6.92 Å². The van der Waals surface area contributed by atoms with Crippen molar-refractivity contribution in [3.63, 3.8) is 0 Å². The summed E-state index contributed by atoms with van der Waals surface area (Å²) in [6.07, 6.45) is 4.72. The molecular formula is C15H18Cl2O. The molecule has 1 aromatic rings. The molecule has 98 valence electrons. The van der Waals surface area contributed by atoms with Gasteiger partial charge in [0.15, 0.2) is 0 Å². The second-order valence-corrected chi connectivity index (χ2v) is 6.11. The molecule has 0 bridgehead atoms. The summed E-state index contributed by atoms with van der Waals surface area (Å²) in [5, 5.41) is 1.19. The highest BCUT2D eigenvalue weighted by Crippen LogP contribution is 2.31. The molecule has 1 aliphatic carbocycles. The summed E-state index contributed by atoms with van der Waals surface area (Å²) in [4.78, 5) is 12.3. The van der Waals surface area contributed by atoms with Gasteiger partial charge in [-0.25, -0.2) is 0 Å². The van der Waals surface area contributed by atoms with E-state index in [9.17, 15) is 4.79 Å². The Hall–Kier alpha value is -0.530. The lowest BCUT2D eigenvalue weighted by Crippen LogP contribution is -2.22. The molecule has 0 spiro atoms. The van der Waals surface area contributed by atoms with Crippen LogP contribution in [0.2, 0.25) is 10.0 Å². The van der Waals surface area contributed by atoms with E-state index in [4.69, 9.17) is 23.2 Å². The molecule has 0 heterocycles. The summed E-state index contributed by atoms with van der Waals surface area (Å²) < 4.78 is 0. The SMILES string of the molecule is CC1CCC(C(=O)Cc2c(Cl)cccc2Cl)CC1. The van der Waals surface area contributed by atoms with E-state index in [1.54, 1.807) is 18.2 Å². The van der Waals surface area contributed by atoms with Gasteiger partial charge in [-0.05, 0) is 36.5 Å². The number of carbonyl (C=O) groups is 1. The molecule has 0 atom stereocenters. The van der Waals surface area contributed by atoms with Gasteiger partial charge in [0, 0.05) is 22.4 Å². The maximum atomic E-state index is 12.3. The lowest BCUT2D eigenvalue weighted by atomic mass is 9.79. The highest BCUT2D eigenvalue weighted by Gasteiger charge is 2.25. The Labute approximate surface area is 118 Å².